The van der Waals surface area contributed by atoms with Crippen LogP contribution in [0.1, 0.15) is 10.4 Å². The molecule has 2 rings (SSSR count). The predicted octanol–water partition coefficient (Wildman–Crippen LogP) is 3.24. The van der Waals surface area contributed by atoms with Crippen molar-refractivity contribution in [2.24, 2.45) is 0 Å². The molecule has 4 heteroatoms. The third-order valence-electron chi connectivity index (χ3n) is 2.96. The van der Waals surface area contributed by atoms with Gasteiger partial charge in [0.2, 0.25) is 0 Å². The Labute approximate surface area is 129 Å². The van der Waals surface area contributed by atoms with Crippen LogP contribution in [0, 0.1) is 0 Å². The van der Waals surface area contributed by atoms with Crippen molar-refractivity contribution in [1.29, 1.82) is 0 Å². The summed E-state index contributed by atoms with van der Waals surface area (Å²) >= 11 is 0. The zero-order valence-electron chi connectivity index (χ0n) is 12.0. The molecule has 0 bridgehead atoms. The highest BCUT2D eigenvalue weighted by molar-refractivity contribution is 5.97. The summed E-state index contributed by atoms with van der Waals surface area (Å²) in [4.78, 5) is 23.1. The molecule has 0 aliphatic carbocycles. The van der Waals surface area contributed by atoms with Crippen molar-refractivity contribution < 1.29 is 19.1 Å². The molecule has 0 spiro atoms. The van der Waals surface area contributed by atoms with Crippen molar-refractivity contribution >= 4 is 11.9 Å². The lowest BCUT2D eigenvalue weighted by molar-refractivity contribution is -0.138. The van der Waals surface area contributed by atoms with E-state index >= 15 is 0 Å². The molecule has 0 aromatic heterocycles. The first-order valence-electron chi connectivity index (χ1n) is 6.83. The number of carbonyl (C=O) groups is 2. The third-order valence-corrected chi connectivity index (χ3v) is 2.96. The van der Waals surface area contributed by atoms with Gasteiger partial charge in [-0.15, -0.1) is 0 Å². The molecule has 4 nitrogen and oxygen atoms in total. The fourth-order valence-electron chi connectivity index (χ4n) is 1.94. The van der Waals surface area contributed by atoms with E-state index in [1.807, 2.05) is 42.5 Å². The fraction of sp³-hybridized carbons (Fsp3) is 0.111. The molecule has 0 aliphatic heterocycles. The maximum atomic E-state index is 12.2. The molecule has 2 aromatic carbocycles. The second-order valence-electron chi connectivity index (χ2n) is 4.42. The standard InChI is InChI=1S/C18H16O4/c1-2-17(19)21-12-13-22-18(20)16-11-7-6-10-15(16)14-8-4-3-5-9-14/h2-11H,1,12-13H2. The van der Waals surface area contributed by atoms with E-state index in [0.717, 1.165) is 17.2 Å². The number of benzene rings is 2. The number of carbonyl (C=O) groups excluding carboxylic acids is 2. The first-order chi connectivity index (χ1) is 10.7. The lowest BCUT2D eigenvalue weighted by Crippen LogP contribution is -2.13. The molecule has 0 N–H and O–H groups in total. The summed E-state index contributed by atoms with van der Waals surface area (Å²) in [6, 6.07) is 16.8. The highest BCUT2D eigenvalue weighted by Crippen LogP contribution is 2.23. The van der Waals surface area contributed by atoms with E-state index in [9.17, 15) is 9.59 Å². The van der Waals surface area contributed by atoms with Gasteiger partial charge in [0.25, 0.3) is 0 Å². The zero-order chi connectivity index (χ0) is 15.8. The monoisotopic (exact) mass is 296 g/mol. The van der Waals surface area contributed by atoms with E-state index in [2.05, 4.69) is 6.58 Å². The van der Waals surface area contributed by atoms with Gasteiger partial charge in [-0.05, 0) is 17.2 Å². The maximum absolute atomic E-state index is 12.2. The molecule has 0 heterocycles. The first kappa shape index (κ1) is 15.5. The minimum absolute atomic E-state index is 0.00153. The molecule has 0 saturated heterocycles. The molecule has 0 radical (unpaired) electrons. The van der Waals surface area contributed by atoms with Crippen molar-refractivity contribution in [2.45, 2.75) is 0 Å². The van der Waals surface area contributed by atoms with Crippen LogP contribution in [0.3, 0.4) is 0 Å². The average Bonchev–Trinajstić information content (AvgIpc) is 2.59. The lowest BCUT2D eigenvalue weighted by Gasteiger charge is -2.10. The van der Waals surface area contributed by atoms with Crippen molar-refractivity contribution in [1.82, 2.24) is 0 Å². The van der Waals surface area contributed by atoms with Gasteiger partial charge in [-0.3, -0.25) is 0 Å². The van der Waals surface area contributed by atoms with Gasteiger partial charge in [0, 0.05) is 6.08 Å². The van der Waals surface area contributed by atoms with Gasteiger partial charge in [-0.25, -0.2) is 9.59 Å². The molecular formula is C18H16O4. The van der Waals surface area contributed by atoms with E-state index in [4.69, 9.17) is 9.47 Å². The number of ether oxygens (including phenoxy) is 2. The summed E-state index contributed by atoms with van der Waals surface area (Å²) in [6.07, 6.45) is 1.06. The van der Waals surface area contributed by atoms with Crippen LogP contribution >= 0.6 is 0 Å². The Morgan fingerprint density at radius 1 is 0.909 bits per heavy atom. The van der Waals surface area contributed by atoms with Crippen LogP contribution < -0.4 is 0 Å². The molecule has 0 fully saturated rings. The smallest absolute Gasteiger partial charge is 0.338 e. The van der Waals surface area contributed by atoms with E-state index in [-0.39, 0.29) is 13.2 Å². The van der Waals surface area contributed by atoms with Gasteiger partial charge in [-0.2, -0.15) is 0 Å². The lowest BCUT2D eigenvalue weighted by atomic mass is 10.00. The summed E-state index contributed by atoms with van der Waals surface area (Å²) in [5.41, 5.74) is 2.22. The Bertz CT molecular complexity index is 662. The topological polar surface area (TPSA) is 52.6 Å². The van der Waals surface area contributed by atoms with Crippen LogP contribution in [-0.4, -0.2) is 25.2 Å². The van der Waals surface area contributed by atoms with Crippen molar-refractivity contribution in [2.75, 3.05) is 13.2 Å². The highest BCUT2D eigenvalue weighted by atomic mass is 16.6. The summed E-state index contributed by atoms with van der Waals surface area (Å²) in [5, 5.41) is 0. The van der Waals surface area contributed by atoms with Crippen LogP contribution in [0.15, 0.2) is 67.3 Å². The second-order valence-corrected chi connectivity index (χ2v) is 4.42. The second kappa shape index (κ2) is 7.78. The van der Waals surface area contributed by atoms with Gasteiger partial charge in [0.1, 0.15) is 13.2 Å². The molecular weight excluding hydrogens is 280 g/mol. The van der Waals surface area contributed by atoms with Crippen LogP contribution in [0.4, 0.5) is 0 Å². The van der Waals surface area contributed by atoms with Gasteiger partial charge in [-0.1, -0.05) is 55.1 Å². The largest absolute Gasteiger partial charge is 0.459 e. The van der Waals surface area contributed by atoms with E-state index in [1.165, 1.54) is 0 Å². The Hall–Kier alpha value is -2.88. The van der Waals surface area contributed by atoms with Crippen molar-refractivity contribution in [3.05, 3.63) is 72.8 Å². The van der Waals surface area contributed by atoms with Gasteiger partial charge in [0.05, 0.1) is 5.56 Å². The van der Waals surface area contributed by atoms with E-state index in [0.29, 0.717) is 5.56 Å². The minimum atomic E-state index is -0.541. The average molecular weight is 296 g/mol. The molecule has 2 aromatic rings. The van der Waals surface area contributed by atoms with Crippen molar-refractivity contribution in [3.8, 4) is 11.1 Å². The number of hydrogen-bond acceptors (Lipinski definition) is 4. The Morgan fingerprint density at radius 3 is 2.27 bits per heavy atom. The third kappa shape index (κ3) is 4.06. The van der Waals surface area contributed by atoms with Crippen LogP contribution in [0.5, 0.6) is 0 Å². The van der Waals surface area contributed by atoms with E-state index in [1.54, 1.807) is 12.1 Å². The molecule has 0 amide bonds. The molecule has 112 valence electrons. The Kier molecular flexibility index (Phi) is 5.49. The summed E-state index contributed by atoms with van der Waals surface area (Å²) in [7, 11) is 0. The maximum Gasteiger partial charge on any atom is 0.338 e. The number of hydrogen-bond donors (Lipinski definition) is 0. The van der Waals surface area contributed by atoms with Gasteiger partial charge < -0.3 is 9.47 Å². The first-order valence-corrected chi connectivity index (χ1v) is 6.83. The van der Waals surface area contributed by atoms with Crippen LogP contribution in [0.25, 0.3) is 11.1 Å². The highest BCUT2D eigenvalue weighted by Gasteiger charge is 2.13. The predicted molar refractivity (Wildman–Crippen MR) is 83.3 cm³/mol. The summed E-state index contributed by atoms with van der Waals surface area (Å²) < 4.78 is 9.89. The fourth-order valence-corrected chi connectivity index (χ4v) is 1.94. The number of esters is 2. The van der Waals surface area contributed by atoms with E-state index < -0.39 is 11.9 Å². The van der Waals surface area contributed by atoms with Crippen LogP contribution in [0.2, 0.25) is 0 Å². The molecule has 0 atom stereocenters. The SMILES string of the molecule is C=CC(=O)OCCOC(=O)c1ccccc1-c1ccccc1. The summed E-state index contributed by atoms with van der Waals surface area (Å²) in [6.45, 7) is 3.29. The number of rotatable bonds is 6. The van der Waals surface area contributed by atoms with Crippen LogP contribution in [-0.2, 0) is 14.3 Å². The summed E-state index contributed by atoms with van der Waals surface area (Å²) in [5.74, 6) is -0.991. The molecule has 0 unspecified atom stereocenters. The van der Waals surface area contributed by atoms with Gasteiger partial charge in [0.15, 0.2) is 0 Å². The molecule has 22 heavy (non-hydrogen) atoms. The molecule has 0 aliphatic rings. The molecule has 0 saturated carbocycles. The Morgan fingerprint density at radius 2 is 1.55 bits per heavy atom. The Balaban J connectivity index is 2.04. The van der Waals surface area contributed by atoms with Gasteiger partial charge >= 0.3 is 11.9 Å². The quantitative estimate of drug-likeness (QED) is 0.466. The minimum Gasteiger partial charge on any atom is -0.459 e. The zero-order valence-corrected chi connectivity index (χ0v) is 12.0. The van der Waals surface area contributed by atoms with Crippen molar-refractivity contribution in [3.63, 3.8) is 0 Å². The normalized spacial score (nSPS) is 9.82.